The van der Waals surface area contributed by atoms with Crippen LogP contribution < -0.4 is 64.2 Å². The van der Waals surface area contributed by atoms with Crippen molar-refractivity contribution in [1.82, 2.24) is 0 Å². The second-order valence-corrected chi connectivity index (χ2v) is 9.83. The molecule has 0 saturated heterocycles. The summed E-state index contributed by atoms with van der Waals surface area (Å²) in [5.41, 5.74) is 0. The molecular formula is C24H42Na2O8S. The van der Waals surface area contributed by atoms with E-state index in [1.54, 1.807) is 0 Å². The van der Waals surface area contributed by atoms with E-state index in [1.807, 2.05) is 0 Å². The maximum Gasteiger partial charge on any atom is 1.00 e. The number of unbranched alkanes of at least 4 members (excludes halogenated alkanes) is 12. The van der Waals surface area contributed by atoms with Crippen LogP contribution in [0.25, 0.3) is 0 Å². The van der Waals surface area contributed by atoms with Crippen LogP contribution in [0.4, 0.5) is 0 Å². The number of aliphatic carboxylic acids is 1. The summed E-state index contributed by atoms with van der Waals surface area (Å²) in [6, 6.07) is 0. The van der Waals surface area contributed by atoms with Gasteiger partial charge in [0.25, 0.3) is 0 Å². The quantitative estimate of drug-likeness (QED) is 0.0466. The standard InChI is InChI=1S/C24H44O8S.2Na/c1-2-3-4-5-6-7-8-9-10-11-12-13-14-15-16-17-18-31-19-20-32-24(27)22(21-23(25)26)33(28,29)30;;/h9-10,22H,2-8,11-21H2,1H3,(H,25,26)(H,28,29,30);;/q;2*+1/p-2/b10-9-;;. The zero-order valence-corrected chi connectivity index (χ0v) is 27.0. The second kappa shape index (κ2) is 27.6. The van der Waals surface area contributed by atoms with E-state index in [0.717, 1.165) is 25.7 Å². The van der Waals surface area contributed by atoms with E-state index in [9.17, 15) is 27.7 Å². The first-order valence-electron chi connectivity index (χ1n) is 12.3. The van der Waals surface area contributed by atoms with Gasteiger partial charge in [0.2, 0.25) is 0 Å². The summed E-state index contributed by atoms with van der Waals surface area (Å²) in [6.45, 7) is 2.53. The van der Waals surface area contributed by atoms with Gasteiger partial charge in [0.05, 0.1) is 6.61 Å². The van der Waals surface area contributed by atoms with Crippen LogP contribution in [-0.2, 0) is 29.2 Å². The van der Waals surface area contributed by atoms with Crippen LogP contribution in [0.1, 0.15) is 103 Å². The Morgan fingerprint density at radius 1 is 0.771 bits per heavy atom. The molecule has 0 aliphatic rings. The first-order chi connectivity index (χ1) is 15.8. The normalized spacial score (nSPS) is 12.1. The van der Waals surface area contributed by atoms with Gasteiger partial charge in [0.15, 0.2) is 5.25 Å². The maximum absolute atomic E-state index is 11.6. The number of carbonyl (C=O) groups excluding carboxylic acids is 2. The van der Waals surface area contributed by atoms with Gasteiger partial charge in [0, 0.05) is 19.0 Å². The topological polar surface area (TPSA) is 133 Å². The molecule has 0 aromatic rings. The van der Waals surface area contributed by atoms with E-state index in [1.165, 1.54) is 64.2 Å². The molecule has 1 unspecified atom stereocenters. The minimum atomic E-state index is -5.12. The summed E-state index contributed by atoms with van der Waals surface area (Å²) in [5.74, 6) is -3.21. The van der Waals surface area contributed by atoms with Crippen molar-refractivity contribution in [3.8, 4) is 0 Å². The third-order valence-corrected chi connectivity index (χ3v) is 6.29. The molecule has 0 saturated carbocycles. The Labute approximate surface area is 256 Å². The van der Waals surface area contributed by atoms with Gasteiger partial charge in [-0.1, -0.05) is 76.9 Å². The molecule has 0 aliphatic heterocycles. The van der Waals surface area contributed by atoms with Crippen molar-refractivity contribution in [3.63, 3.8) is 0 Å². The van der Waals surface area contributed by atoms with Crippen LogP contribution in [0.5, 0.6) is 0 Å². The molecular weight excluding hydrogens is 494 g/mol. The van der Waals surface area contributed by atoms with Crippen molar-refractivity contribution < 1.29 is 96.3 Å². The van der Waals surface area contributed by atoms with E-state index in [0.29, 0.717) is 6.61 Å². The zero-order valence-electron chi connectivity index (χ0n) is 22.1. The van der Waals surface area contributed by atoms with E-state index in [-0.39, 0.29) is 72.3 Å². The number of hydrogen-bond donors (Lipinski definition) is 0. The molecule has 0 N–H and O–H groups in total. The first kappa shape index (κ1) is 40.1. The molecule has 0 spiro atoms. The molecule has 0 aromatic carbocycles. The van der Waals surface area contributed by atoms with Crippen molar-refractivity contribution in [1.29, 1.82) is 0 Å². The summed E-state index contributed by atoms with van der Waals surface area (Å²) >= 11 is 0. The zero-order chi connectivity index (χ0) is 24.8. The molecule has 0 fully saturated rings. The Kier molecular flexibility index (Phi) is 31.6. The molecule has 0 heterocycles. The predicted octanol–water partition coefficient (Wildman–Crippen LogP) is -2.35. The van der Waals surface area contributed by atoms with Gasteiger partial charge in [-0.3, -0.25) is 4.79 Å². The van der Waals surface area contributed by atoms with Crippen molar-refractivity contribution in [2.45, 2.75) is 108 Å². The van der Waals surface area contributed by atoms with Gasteiger partial charge in [-0.05, 0) is 32.1 Å². The number of esters is 1. The van der Waals surface area contributed by atoms with Crippen LogP contribution >= 0.6 is 0 Å². The molecule has 8 nitrogen and oxygen atoms in total. The summed E-state index contributed by atoms with van der Waals surface area (Å²) in [4.78, 5) is 22.0. The van der Waals surface area contributed by atoms with E-state index in [4.69, 9.17) is 4.74 Å². The summed E-state index contributed by atoms with van der Waals surface area (Å²) in [5, 5.41) is 8.18. The fourth-order valence-electron chi connectivity index (χ4n) is 3.30. The number of rotatable bonds is 23. The first-order valence-corrected chi connectivity index (χ1v) is 13.8. The third-order valence-electron chi connectivity index (χ3n) is 5.24. The minimum absolute atomic E-state index is 0. The third kappa shape index (κ3) is 27.4. The van der Waals surface area contributed by atoms with Crippen molar-refractivity contribution in [2.24, 2.45) is 0 Å². The Morgan fingerprint density at radius 3 is 1.74 bits per heavy atom. The van der Waals surface area contributed by atoms with Crippen molar-refractivity contribution in [2.75, 3.05) is 19.8 Å². The van der Waals surface area contributed by atoms with Crippen molar-refractivity contribution in [3.05, 3.63) is 12.2 Å². The number of carboxylic acids is 1. The van der Waals surface area contributed by atoms with E-state index >= 15 is 0 Å². The Hall–Kier alpha value is 0.550. The molecule has 0 rings (SSSR count). The Bertz CT molecular complexity index is 641. The second-order valence-electron chi connectivity index (χ2n) is 8.28. The fourth-order valence-corrected chi connectivity index (χ4v) is 3.95. The van der Waals surface area contributed by atoms with E-state index < -0.39 is 33.7 Å². The monoisotopic (exact) mass is 536 g/mol. The van der Waals surface area contributed by atoms with Crippen LogP contribution in [0.15, 0.2) is 12.2 Å². The number of carboxylic acid groups (broad SMARTS) is 1. The van der Waals surface area contributed by atoms with Gasteiger partial charge in [-0.2, -0.15) is 0 Å². The molecule has 0 aliphatic carbocycles. The number of carbonyl (C=O) groups is 2. The molecule has 35 heavy (non-hydrogen) atoms. The Balaban J connectivity index is -0.00000512. The van der Waals surface area contributed by atoms with Crippen LogP contribution in [0, 0.1) is 0 Å². The summed E-state index contributed by atoms with van der Waals surface area (Å²) in [7, 11) is -5.12. The maximum atomic E-state index is 11.6. The van der Waals surface area contributed by atoms with Gasteiger partial charge < -0.3 is 23.9 Å². The average Bonchev–Trinajstić information content (AvgIpc) is 2.75. The van der Waals surface area contributed by atoms with Crippen molar-refractivity contribution >= 4 is 22.1 Å². The molecule has 0 radical (unpaired) electrons. The number of allylic oxidation sites excluding steroid dienone is 2. The van der Waals surface area contributed by atoms with Gasteiger partial charge in [-0.25, -0.2) is 8.42 Å². The summed E-state index contributed by atoms with van der Waals surface area (Å²) in [6.07, 6.45) is 20.4. The molecule has 0 aromatic heterocycles. The molecule has 0 amide bonds. The molecule has 194 valence electrons. The number of ether oxygens (including phenoxy) is 2. The Morgan fingerprint density at radius 2 is 1.26 bits per heavy atom. The summed E-state index contributed by atoms with van der Waals surface area (Å²) < 4.78 is 42.7. The predicted molar refractivity (Wildman–Crippen MR) is 124 cm³/mol. The number of hydrogen-bond acceptors (Lipinski definition) is 8. The van der Waals surface area contributed by atoms with Gasteiger partial charge in [-0.15, -0.1) is 0 Å². The molecule has 11 heteroatoms. The van der Waals surface area contributed by atoms with Crippen LogP contribution in [0.3, 0.4) is 0 Å². The smallest absolute Gasteiger partial charge is 0.747 e. The average molecular weight is 537 g/mol. The SMILES string of the molecule is CCCCCCCC/C=C\CCCCCCCCOCCOC(=O)C(CC(=O)[O-])S(=O)(=O)[O-].[Na+].[Na+]. The van der Waals surface area contributed by atoms with Gasteiger partial charge in [0.1, 0.15) is 16.7 Å². The van der Waals surface area contributed by atoms with Crippen LogP contribution in [-0.4, -0.2) is 50.0 Å². The van der Waals surface area contributed by atoms with E-state index in [2.05, 4.69) is 23.8 Å². The van der Waals surface area contributed by atoms with Crippen LogP contribution in [0.2, 0.25) is 0 Å². The van der Waals surface area contributed by atoms with Gasteiger partial charge >= 0.3 is 65.1 Å². The fraction of sp³-hybridized carbons (Fsp3) is 0.833. The largest absolute Gasteiger partial charge is 1.00 e. The minimum Gasteiger partial charge on any atom is -0.747 e. The molecule has 0 bridgehead atoms. The molecule has 1 atom stereocenters.